The summed E-state index contributed by atoms with van der Waals surface area (Å²) in [5.41, 5.74) is 0.766. The predicted octanol–water partition coefficient (Wildman–Crippen LogP) is 2.14. The Labute approximate surface area is 121 Å². The molecule has 0 saturated carbocycles. The highest BCUT2D eigenvalue weighted by atomic mass is 32.2. The summed E-state index contributed by atoms with van der Waals surface area (Å²) in [5, 5.41) is 22.0. The van der Waals surface area contributed by atoms with Crippen LogP contribution in [0.5, 0.6) is 0 Å². The summed E-state index contributed by atoms with van der Waals surface area (Å²) >= 11 is 1.22. The van der Waals surface area contributed by atoms with Gasteiger partial charge in [0.05, 0.1) is 11.4 Å². The van der Waals surface area contributed by atoms with Crippen molar-refractivity contribution in [1.29, 1.82) is 0 Å². The van der Waals surface area contributed by atoms with Crippen LogP contribution in [0.1, 0.15) is 26.5 Å². The maximum atomic E-state index is 10.7. The predicted molar refractivity (Wildman–Crippen MR) is 76.2 cm³/mol. The van der Waals surface area contributed by atoms with Crippen molar-refractivity contribution >= 4 is 17.7 Å². The van der Waals surface area contributed by atoms with Crippen LogP contribution in [0.3, 0.4) is 0 Å². The van der Waals surface area contributed by atoms with Crippen LogP contribution in [-0.4, -0.2) is 36.8 Å². The third-order valence-corrected chi connectivity index (χ3v) is 3.54. The van der Waals surface area contributed by atoms with E-state index in [4.69, 9.17) is 5.11 Å². The van der Waals surface area contributed by atoms with Gasteiger partial charge in [-0.2, -0.15) is 10.2 Å². The highest BCUT2D eigenvalue weighted by Gasteiger charge is 2.21. The molecule has 0 saturated heterocycles. The third kappa shape index (κ3) is 3.36. The molecule has 2 aromatic rings. The van der Waals surface area contributed by atoms with Crippen LogP contribution in [0.15, 0.2) is 29.4 Å². The number of aromatic nitrogens is 4. The zero-order valence-electron chi connectivity index (χ0n) is 11.6. The minimum Gasteiger partial charge on any atom is -0.481 e. The Morgan fingerprint density at radius 2 is 2.20 bits per heavy atom. The highest BCUT2D eigenvalue weighted by molar-refractivity contribution is 7.99. The summed E-state index contributed by atoms with van der Waals surface area (Å²) in [5.74, 6) is -0.301. The summed E-state index contributed by atoms with van der Waals surface area (Å²) in [6.07, 6.45) is 1.59. The number of carboxylic acids is 1. The molecule has 0 aromatic carbocycles. The Kier molecular flexibility index (Phi) is 4.08. The minimum absolute atomic E-state index is 0.0183. The van der Waals surface area contributed by atoms with E-state index >= 15 is 0 Å². The molecule has 0 unspecified atom stereocenters. The molecule has 0 fully saturated rings. The van der Waals surface area contributed by atoms with Gasteiger partial charge in [-0.3, -0.25) is 4.79 Å². The smallest absolute Gasteiger partial charge is 0.313 e. The van der Waals surface area contributed by atoms with E-state index in [-0.39, 0.29) is 11.2 Å². The molecule has 0 atom stereocenters. The summed E-state index contributed by atoms with van der Waals surface area (Å²) in [6.45, 7) is 6.17. The molecule has 20 heavy (non-hydrogen) atoms. The van der Waals surface area contributed by atoms with E-state index in [0.717, 1.165) is 10.7 Å². The topological polar surface area (TPSA) is 80.9 Å². The third-order valence-electron chi connectivity index (χ3n) is 2.56. The Hall–Kier alpha value is -1.89. The van der Waals surface area contributed by atoms with Crippen molar-refractivity contribution in [2.45, 2.75) is 31.2 Å². The largest absolute Gasteiger partial charge is 0.481 e. The molecule has 0 radical (unpaired) electrons. The normalized spacial score (nSPS) is 11.6. The monoisotopic (exact) mass is 292 g/mol. The molecule has 2 heterocycles. The van der Waals surface area contributed by atoms with E-state index in [9.17, 15) is 4.79 Å². The standard InChI is InChI=1S/C13H16N4O2S/c1-13(2,3)9-7-11(20-8-12(18)19)17(16-9)10-5-4-6-14-15-10/h4-7H,8H2,1-3H3,(H,18,19). The first-order valence-corrected chi connectivity index (χ1v) is 7.10. The first kappa shape index (κ1) is 14.5. The molecule has 0 aliphatic carbocycles. The van der Waals surface area contributed by atoms with Crippen LogP contribution in [-0.2, 0) is 10.2 Å². The second-order valence-corrected chi connectivity index (χ2v) is 6.29. The van der Waals surface area contributed by atoms with Crippen LogP contribution in [0.4, 0.5) is 0 Å². The van der Waals surface area contributed by atoms with Gasteiger partial charge in [0.1, 0.15) is 5.03 Å². The van der Waals surface area contributed by atoms with Crippen molar-refractivity contribution in [2.75, 3.05) is 5.75 Å². The van der Waals surface area contributed by atoms with Gasteiger partial charge in [0, 0.05) is 11.6 Å². The number of nitrogens with zero attached hydrogens (tertiary/aromatic N) is 4. The molecule has 0 aliphatic heterocycles. The molecule has 1 N–H and O–H groups in total. The van der Waals surface area contributed by atoms with E-state index < -0.39 is 5.97 Å². The van der Waals surface area contributed by atoms with Gasteiger partial charge in [0.15, 0.2) is 5.82 Å². The van der Waals surface area contributed by atoms with E-state index in [2.05, 4.69) is 36.1 Å². The lowest BCUT2D eigenvalue weighted by Gasteiger charge is -2.13. The van der Waals surface area contributed by atoms with Crippen molar-refractivity contribution in [3.05, 3.63) is 30.1 Å². The summed E-state index contributed by atoms with van der Waals surface area (Å²) in [7, 11) is 0. The molecule has 106 valence electrons. The van der Waals surface area contributed by atoms with Crippen LogP contribution < -0.4 is 0 Å². The van der Waals surface area contributed by atoms with Gasteiger partial charge in [-0.15, -0.1) is 5.10 Å². The highest BCUT2D eigenvalue weighted by Crippen LogP contribution is 2.28. The Balaban J connectivity index is 2.42. The number of rotatable bonds is 4. The van der Waals surface area contributed by atoms with Crippen LogP contribution in [0.25, 0.3) is 5.82 Å². The molecule has 0 bridgehead atoms. The number of carboxylic acid groups (broad SMARTS) is 1. The maximum absolute atomic E-state index is 10.7. The van der Waals surface area contributed by atoms with Gasteiger partial charge in [-0.25, -0.2) is 4.68 Å². The Morgan fingerprint density at radius 1 is 1.45 bits per heavy atom. The van der Waals surface area contributed by atoms with Gasteiger partial charge in [0.2, 0.25) is 0 Å². The van der Waals surface area contributed by atoms with Gasteiger partial charge >= 0.3 is 5.97 Å². The van der Waals surface area contributed by atoms with Gasteiger partial charge in [-0.05, 0) is 18.2 Å². The fraction of sp³-hybridized carbons (Fsp3) is 0.385. The van der Waals surface area contributed by atoms with Gasteiger partial charge in [0.25, 0.3) is 0 Å². The second kappa shape index (κ2) is 5.62. The molecule has 0 amide bonds. The first-order chi connectivity index (χ1) is 9.38. The zero-order valence-corrected chi connectivity index (χ0v) is 12.4. The van der Waals surface area contributed by atoms with Crippen molar-refractivity contribution in [3.63, 3.8) is 0 Å². The van der Waals surface area contributed by atoms with Crippen LogP contribution in [0, 0.1) is 0 Å². The lowest BCUT2D eigenvalue weighted by molar-refractivity contribution is -0.133. The van der Waals surface area contributed by atoms with E-state index in [1.54, 1.807) is 23.0 Å². The van der Waals surface area contributed by atoms with Gasteiger partial charge < -0.3 is 5.11 Å². The Bertz CT molecular complexity index is 605. The van der Waals surface area contributed by atoms with E-state index in [0.29, 0.717) is 5.82 Å². The average molecular weight is 292 g/mol. The molecular weight excluding hydrogens is 276 g/mol. The summed E-state index contributed by atoms with van der Waals surface area (Å²) < 4.78 is 1.64. The van der Waals surface area contributed by atoms with E-state index in [1.807, 2.05) is 6.07 Å². The fourth-order valence-electron chi connectivity index (χ4n) is 1.54. The average Bonchev–Trinajstić information content (AvgIpc) is 2.81. The number of aliphatic carboxylic acids is 1. The first-order valence-electron chi connectivity index (χ1n) is 6.11. The van der Waals surface area contributed by atoms with Crippen molar-refractivity contribution in [1.82, 2.24) is 20.0 Å². The molecule has 7 heteroatoms. The van der Waals surface area contributed by atoms with E-state index in [1.165, 1.54) is 11.8 Å². The molecule has 0 spiro atoms. The number of thioether (sulfide) groups is 1. The lowest BCUT2D eigenvalue weighted by Crippen LogP contribution is -2.13. The van der Waals surface area contributed by atoms with Gasteiger partial charge in [-0.1, -0.05) is 32.5 Å². The molecule has 0 aliphatic rings. The van der Waals surface area contributed by atoms with Crippen molar-refractivity contribution < 1.29 is 9.90 Å². The summed E-state index contributed by atoms with van der Waals surface area (Å²) in [4.78, 5) is 10.7. The molecule has 2 rings (SSSR count). The lowest BCUT2D eigenvalue weighted by atomic mass is 9.93. The quantitative estimate of drug-likeness (QED) is 0.869. The number of carbonyl (C=O) groups is 1. The maximum Gasteiger partial charge on any atom is 0.313 e. The second-order valence-electron chi connectivity index (χ2n) is 5.29. The van der Waals surface area contributed by atoms with Crippen molar-refractivity contribution in [2.24, 2.45) is 0 Å². The number of hydrogen-bond acceptors (Lipinski definition) is 5. The number of hydrogen-bond donors (Lipinski definition) is 1. The molecule has 6 nitrogen and oxygen atoms in total. The zero-order chi connectivity index (χ0) is 14.8. The molecular formula is C13H16N4O2S. The van der Waals surface area contributed by atoms with Crippen LogP contribution >= 0.6 is 11.8 Å². The fourth-order valence-corrected chi connectivity index (χ4v) is 2.26. The van der Waals surface area contributed by atoms with Crippen molar-refractivity contribution in [3.8, 4) is 5.82 Å². The SMILES string of the molecule is CC(C)(C)c1cc(SCC(=O)O)n(-c2cccnn2)n1. The molecule has 2 aromatic heterocycles. The minimum atomic E-state index is -0.862. The Morgan fingerprint density at radius 3 is 2.75 bits per heavy atom. The summed E-state index contributed by atoms with van der Waals surface area (Å²) in [6, 6.07) is 5.46. The van der Waals surface area contributed by atoms with Crippen LogP contribution in [0.2, 0.25) is 0 Å².